The average molecular weight is 301 g/mol. The summed E-state index contributed by atoms with van der Waals surface area (Å²) in [6, 6.07) is 4.37. The van der Waals surface area contributed by atoms with Gasteiger partial charge in [-0.3, -0.25) is 0 Å². The highest BCUT2D eigenvalue weighted by Gasteiger charge is 2.34. The minimum atomic E-state index is -4.39. The standard InChI is InChI=1S/C15H22F3N3/c1-10(2)21-6-5-11(9-21)8-20-14-4-3-12(19)7-13(14)15(16,17)18/h3-4,7,10-11,20H,5-6,8-9,19H2,1-2H3. The van der Waals surface area contributed by atoms with Gasteiger partial charge in [0.25, 0.3) is 0 Å². The van der Waals surface area contributed by atoms with Crippen molar-refractivity contribution < 1.29 is 13.2 Å². The molecule has 0 bridgehead atoms. The van der Waals surface area contributed by atoms with Crippen molar-refractivity contribution in [3.8, 4) is 0 Å². The first-order valence-corrected chi connectivity index (χ1v) is 7.22. The number of nitrogens with zero attached hydrogens (tertiary/aromatic N) is 1. The number of halogens is 3. The summed E-state index contributed by atoms with van der Waals surface area (Å²) in [5.74, 6) is 0.381. The molecular weight excluding hydrogens is 279 g/mol. The van der Waals surface area contributed by atoms with Crippen LogP contribution < -0.4 is 11.1 Å². The molecule has 0 radical (unpaired) electrons. The molecule has 1 heterocycles. The topological polar surface area (TPSA) is 41.3 Å². The quantitative estimate of drug-likeness (QED) is 0.837. The van der Waals surface area contributed by atoms with E-state index in [4.69, 9.17) is 5.73 Å². The van der Waals surface area contributed by atoms with Crippen molar-refractivity contribution in [2.45, 2.75) is 32.5 Å². The summed E-state index contributed by atoms with van der Waals surface area (Å²) in [6.45, 7) is 6.77. The molecule has 118 valence electrons. The Morgan fingerprint density at radius 3 is 2.67 bits per heavy atom. The maximum atomic E-state index is 13.0. The molecular formula is C15H22F3N3. The Bertz CT molecular complexity index is 486. The van der Waals surface area contributed by atoms with E-state index in [0.717, 1.165) is 25.6 Å². The van der Waals surface area contributed by atoms with Gasteiger partial charge in [0.15, 0.2) is 0 Å². The lowest BCUT2D eigenvalue weighted by Crippen LogP contribution is -2.29. The normalized spacial score (nSPS) is 20.2. The maximum Gasteiger partial charge on any atom is 0.418 e. The highest BCUT2D eigenvalue weighted by molar-refractivity contribution is 5.59. The first kappa shape index (κ1) is 15.9. The van der Waals surface area contributed by atoms with Gasteiger partial charge in [0, 0.05) is 30.5 Å². The monoisotopic (exact) mass is 301 g/mol. The van der Waals surface area contributed by atoms with Gasteiger partial charge >= 0.3 is 6.18 Å². The van der Waals surface area contributed by atoms with Gasteiger partial charge in [-0.15, -0.1) is 0 Å². The van der Waals surface area contributed by atoms with Crippen LogP contribution in [0, 0.1) is 5.92 Å². The third kappa shape index (κ3) is 4.03. The number of nitrogens with two attached hydrogens (primary N) is 1. The van der Waals surface area contributed by atoms with E-state index >= 15 is 0 Å². The van der Waals surface area contributed by atoms with Gasteiger partial charge in [0.2, 0.25) is 0 Å². The number of anilines is 2. The van der Waals surface area contributed by atoms with Gasteiger partial charge in [-0.1, -0.05) is 0 Å². The molecule has 0 spiro atoms. The fraction of sp³-hybridized carbons (Fsp3) is 0.600. The highest BCUT2D eigenvalue weighted by atomic mass is 19.4. The Labute approximate surface area is 123 Å². The summed E-state index contributed by atoms with van der Waals surface area (Å²) in [5.41, 5.74) is 5.00. The number of hydrogen-bond donors (Lipinski definition) is 2. The van der Waals surface area contributed by atoms with Crippen LogP contribution in [0.25, 0.3) is 0 Å². The van der Waals surface area contributed by atoms with Crippen molar-refractivity contribution in [2.75, 3.05) is 30.7 Å². The number of benzene rings is 1. The molecule has 0 aromatic heterocycles. The fourth-order valence-electron chi connectivity index (χ4n) is 2.70. The maximum absolute atomic E-state index is 13.0. The van der Waals surface area contributed by atoms with Crippen LogP contribution >= 0.6 is 0 Å². The molecule has 1 aliphatic rings. The van der Waals surface area contributed by atoms with Crippen LogP contribution in [-0.4, -0.2) is 30.6 Å². The van der Waals surface area contributed by atoms with Crippen LogP contribution in [0.15, 0.2) is 18.2 Å². The van der Waals surface area contributed by atoms with E-state index in [1.165, 1.54) is 12.1 Å². The van der Waals surface area contributed by atoms with E-state index in [9.17, 15) is 13.2 Å². The van der Waals surface area contributed by atoms with Gasteiger partial charge in [0.05, 0.1) is 5.56 Å². The lowest BCUT2D eigenvalue weighted by Gasteiger charge is -2.21. The van der Waals surface area contributed by atoms with Crippen LogP contribution in [0.3, 0.4) is 0 Å². The predicted molar refractivity (Wildman–Crippen MR) is 79.2 cm³/mol. The molecule has 6 heteroatoms. The summed E-state index contributed by atoms with van der Waals surface area (Å²) in [5, 5.41) is 2.95. The van der Waals surface area contributed by atoms with E-state index in [0.29, 0.717) is 18.5 Å². The Kier molecular flexibility index (Phi) is 4.66. The third-order valence-corrected chi connectivity index (χ3v) is 3.98. The third-order valence-electron chi connectivity index (χ3n) is 3.98. The second-order valence-electron chi connectivity index (χ2n) is 5.93. The molecule has 0 amide bonds. The molecule has 1 saturated heterocycles. The van der Waals surface area contributed by atoms with E-state index in [2.05, 4.69) is 24.1 Å². The predicted octanol–water partition coefficient (Wildman–Crippen LogP) is 3.43. The van der Waals surface area contributed by atoms with E-state index in [1.54, 1.807) is 0 Å². The minimum absolute atomic E-state index is 0.111. The second-order valence-corrected chi connectivity index (χ2v) is 5.93. The summed E-state index contributed by atoms with van der Waals surface area (Å²) in [7, 11) is 0. The van der Waals surface area contributed by atoms with Gasteiger partial charge in [-0.2, -0.15) is 13.2 Å². The molecule has 2 rings (SSSR count). The number of nitrogens with one attached hydrogen (secondary N) is 1. The minimum Gasteiger partial charge on any atom is -0.399 e. The van der Waals surface area contributed by atoms with E-state index in [-0.39, 0.29) is 11.4 Å². The SMILES string of the molecule is CC(C)N1CCC(CNc2ccc(N)cc2C(F)(F)F)C1. The van der Waals surface area contributed by atoms with Crippen molar-refractivity contribution in [3.63, 3.8) is 0 Å². The van der Waals surface area contributed by atoms with Gasteiger partial charge < -0.3 is 16.0 Å². The van der Waals surface area contributed by atoms with E-state index < -0.39 is 11.7 Å². The molecule has 0 saturated carbocycles. The van der Waals surface area contributed by atoms with Crippen molar-refractivity contribution >= 4 is 11.4 Å². The Balaban J connectivity index is 2.01. The fourth-order valence-corrected chi connectivity index (χ4v) is 2.70. The molecule has 3 nitrogen and oxygen atoms in total. The summed E-state index contributed by atoms with van der Waals surface area (Å²) in [6.07, 6.45) is -3.38. The molecule has 1 unspecified atom stereocenters. The average Bonchev–Trinajstić information content (AvgIpc) is 2.85. The molecule has 1 aromatic carbocycles. The first-order chi connectivity index (χ1) is 9.77. The largest absolute Gasteiger partial charge is 0.418 e. The van der Waals surface area contributed by atoms with Crippen LogP contribution in [0.5, 0.6) is 0 Å². The van der Waals surface area contributed by atoms with Crippen LogP contribution in [0.2, 0.25) is 0 Å². The lowest BCUT2D eigenvalue weighted by atomic mass is 10.1. The lowest BCUT2D eigenvalue weighted by molar-refractivity contribution is -0.136. The Morgan fingerprint density at radius 2 is 2.10 bits per heavy atom. The van der Waals surface area contributed by atoms with Crippen molar-refractivity contribution in [3.05, 3.63) is 23.8 Å². The molecule has 1 atom stereocenters. The molecule has 3 N–H and O–H groups in total. The zero-order valence-electron chi connectivity index (χ0n) is 12.4. The zero-order valence-corrected chi connectivity index (χ0v) is 12.4. The van der Waals surface area contributed by atoms with Crippen LogP contribution in [0.1, 0.15) is 25.8 Å². The molecule has 21 heavy (non-hydrogen) atoms. The van der Waals surface area contributed by atoms with Crippen LogP contribution in [-0.2, 0) is 6.18 Å². The Hall–Kier alpha value is -1.43. The van der Waals surface area contributed by atoms with Crippen LogP contribution in [0.4, 0.5) is 24.5 Å². The number of hydrogen-bond acceptors (Lipinski definition) is 3. The van der Waals surface area contributed by atoms with E-state index in [1.807, 2.05) is 0 Å². The smallest absolute Gasteiger partial charge is 0.399 e. The first-order valence-electron chi connectivity index (χ1n) is 7.22. The van der Waals surface area contributed by atoms with Gasteiger partial charge in [0.1, 0.15) is 0 Å². The van der Waals surface area contributed by atoms with Gasteiger partial charge in [-0.25, -0.2) is 0 Å². The molecule has 0 aliphatic carbocycles. The van der Waals surface area contributed by atoms with Crippen molar-refractivity contribution in [2.24, 2.45) is 5.92 Å². The van der Waals surface area contributed by atoms with Crippen molar-refractivity contribution in [1.29, 1.82) is 0 Å². The summed E-state index contributed by atoms with van der Waals surface area (Å²) < 4.78 is 39.0. The highest BCUT2D eigenvalue weighted by Crippen LogP contribution is 2.36. The second kappa shape index (κ2) is 6.13. The molecule has 1 aliphatic heterocycles. The van der Waals surface area contributed by atoms with Gasteiger partial charge in [-0.05, 0) is 50.9 Å². The number of likely N-dealkylation sites (tertiary alicyclic amines) is 1. The number of nitrogen functional groups attached to an aromatic ring is 1. The van der Waals surface area contributed by atoms with Crippen molar-refractivity contribution in [1.82, 2.24) is 4.90 Å². The molecule has 1 aromatic rings. The zero-order chi connectivity index (χ0) is 15.6. The molecule has 1 fully saturated rings. The number of alkyl halides is 3. The number of rotatable bonds is 4. The summed E-state index contributed by atoms with van der Waals surface area (Å²) >= 11 is 0. The summed E-state index contributed by atoms with van der Waals surface area (Å²) in [4.78, 5) is 2.35. The Morgan fingerprint density at radius 1 is 1.38 bits per heavy atom.